The molecule has 2 rings (SSSR count). The molecule has 0 spiro atoms. The van der Waals surface area contributed by atoms with E-state index >= 15 is 0 Å². The summed E-state index contributed by atoms with van der Waals surface area (Å²) in [6.45, 7) is 4.42. The Morgan fingerprint density at radius 3 is 2.81 bits per heavy atom. The van der Waals surface area contributed by atoms with Crippen LogP contribution in [0.1, 0.15) is 38.2 Å². The van der Waals surface area contributed by atoms with E-state index in [4.69, 9.17) is 4.74 Å². The number of hydrogen-bond donors (Lipinski definition) is 0. The molecule has 0 aliphatic heterocycles. The van der Waals surface area contributed by atoms with Crippen LogP contribution in [0.2, 0.25) is 0 Å². The first-order valence-electron chi connectivity index (χ1n) is 6.08. The predicted octanol–water partition coefficient (Wildman–Crippen LogP) is 4.72. The van der Waals surface area contributed by atoms with Gasteiger partial charge in [0.05, 0.1) is 6.10 Å². The quantitative estimate of drug-likeness (QED) is 0.763. The lowest BCUT2D eigenvalue weighted by Crippen LogP contribution is -2.24. The summed E-state index contributed by atoms with van der Waals surface area (Å²) in [7, 11) is 0. The first-order chi connectivity index (χ1) is 7.65. The summed E-state index contributed by atoms with van der Waals surface area (Å²) >= 11 is 3.51. The summed E-state index contributed by atoms with van der Waals surface area (Å²) in [5.74, 6) is 1.83. The van der Waals surface area contributed by atoms with Gasteiger partial charge in [0.1, 0.15) is 5.75 Å². The lowest BCUT2D eigenvalue weighted by molar-refractivity contribution is 0.129. The van der Waals surface area contributed by atoms with E-state index in [1.165, 1.54) is 31.2 Å². The van der Waals surface area contributed by atoms with Crippen LogP contribution in [0.15, 0.2) is 22.7 Å². The molecular weight excluding hydrogens is 264 g/mol. The van der Waals surface area contributed by atoms with Gasteiger partial charge in [-0.2, -0.15) is 0 Å². The van der Waals surface area contributed by atoms with Crippen molar-refractivity contribution in [3.63, 3.8) is 0 Å². The van der Waals surface area contributed by atoms with Gasteiger partial charge in [-0.15, -0.1) is 0 Å². The van der Waals surface area contributed by atoms with Gasteiger partial charge in [-0.1, -0.05) is 29.3 Å². The van der Waals surface area contributed by atoms with Crippen LogP contribution >= 0.6 is 15.9 Å². The molecular formula is C14H19BrO. The van der Waals surface area contributed by atoms with Crippen molar-refractivity contribution in [1.29, 1.82) is 0 Å². The molecule has 16 heavy (non-hydrogen) atoms. The second kappa shape index (κ2) is 5.22. The van der Waals surface area contributed by atoms with Crippen molar-refractivity contribution in [2.75, 3.05) is 0 Å². The SMILES string of the molecule is Cc1cc(OC2CCCC(C)C2)ccc1Br. The van der Waals surface area contributed by atoms with Crippen molar-refractivity contribution in [2.24, 2.45) is 5.92 Å². The van der Waals surface area contributed by atoms with Gasteiger partial charge in [0, 0.05) is 4.47 Å². The molecule has 1 aromatic rings. The topological polar surface area (TPSA) is 9.23 Å². The highest BCUT2D eigenvalue weighted by atomic mass is 79.9. The van der Waals surface area contributed by atoms with Gasteiger partial charge in [0.2, 0.25) is 0 Å². The van der Waals surface area contributed by atoms with Crippen molar-refractivity contribution >= 4 is 15.9 Å². The van der Waals surface area contributed by atoms with Crippen molar-refractivity contribution in [3.05, 3.63) is 28.2 Å². The van der Waals surface area contributed by atoms with E-state index in [0.29, 0.717) is 6.10 Å². The molecule has 1 nitrogen and oxygen atoms in total. The maximum Gasteiger partial charge on any atom is 0.120 e. The van der Waals surface area contributed by atoms with Crippen molar-refractivity contribution in [2.45, 2.75) is 45.6 Å². The third kappa shape index (κ3) is 3.00. The van der Waals surface area contributed by atoms with Gasteiger partial charge in [-0.05, 0) is 55.9 Å². The maximum absolute atomic E-state index is 6.04. The minimum Gasteiger partial charge on any atom is -0.490 e. The smallest absolute Gasteiger partial charge is 0.120 e. The highest BCUT2D eigenvalue weighted by Crippen LogP contribution is 2.29. The average molecular weight is 283 g/mol. The zero-order valence-electron chi connectivity index (χ0n) is 10.0. The fourth-order valence-corrected chi connectivity index (χ4v) is 2.62. The first-order valence-corrected chi connectivity index (χ1v) is 6.87. The van der Waals surface area contributed by atoms with Gasteiger partial charge in [-0.25, -0.2) is 0 Å². The molecule has 1 fully saturated rings. The molecule has 1 aliphatic carbocycles. The van der Waals surface area contributed by atoms with E-state index in [1.54, 1.807) is 0 Å². The Balaban J connectivity index is 2.00. The fourth-order valence-electron chi connectivity index (χ4n) is 2.37. The largest absolute Gasteiger partial charge is 0.490 e. The first kappa shape index (κ1) is 12.0. The molecule has 0 bridgehead atoms. The Bertz CT molecular complexity index is 362. The van der Waals surface area contributed by atoms with E-state index in [9.17, 15) is 0 Å². The van der Waals surface area contributed by atoms with Crippen molar-refractivity contribution < 1.29 is 4.74 Å². The van der Waals surface area contributed by atoms with Crippen LogP contribution in [-0.4, -0.2) is 6.10 Å². The number of rotatable bonds is 2. The van der Waals surface area contributed by atoms with Crippen LogP contribution in [0.3, 0.4) is 0 Å². The van der Waals surface area contributed by atoms with E-state index in [1.807, 2.05) is 0 Å². The van der Waals surface area contributed by atoms with E-state index in [2.05, 4.69) is 48.0 Å². The molecule has 0 radical (unpaired) electrons. The van der Waals surface area contributed by atoms with Crippen LogP contribution in [0.25, 0.3) is 0 Å². The second-order valence-electron chi connectivity index (χ2n) is 4.92. The van der Waals surface area contributed by atoms with Gasteiger partial charge in [0.25, 0.3) is 0 Å². The third-order valence-electron chi connectivity index (χ3n) is 3.32. The molecule has 0 heterocycles. The average Bonchev–Trinajstić information content (AvgIpc) is 2.24. The molecule has 2 heteroatoms. The lowest BCUT2D eigenvalue weighted by atomic mass is 9.89. The summed E-state index contributed by atoms with van der Waals surface area (Å²) in [4.78, 5) is 0. The van der Waals surface area contributed by atoms with Crippen molar-refractivity contribution in [1.82, 2.24) is 0 Å². The molecule has 88 valence electrons. The predicted molar refractivity (Wildman–Crippen MR) is 70.9 cm³/mol. The molecule has 2 atom stereocenters. The zero-order chi connectivity index (χ0) is 11.5. The summed E-state index contributed by atoms with van der Waals surface area (Å²) in [6, 6.07) is 6.23. The maximum atomic E-state index is 6.04. The molecule has 1 saturated carbocycles. The Hall–Kier alpha value is -0.500. The summed E-state index contributed by atoms with van der Waals surface area (Å²) in [5.41, 5.74) is 1.24. The molecule has 0 N–H and O–H groups in total. The molecule has 0 amide bonds. The summed E-state index contributed by atoms with van der Waals surface area (Å²) in [6.07, 6.45) is 5.50. The van der Waals surface area contributed by atoms with E-state index in [0.717, 1.165) is 16.1 Å². The minimum atomic E-state index is 0.421. The highest BCUT2D eigenvalue weighted by Gasteiger charge is 2.20. The number of halogens is 1. The van der Waals surface area contributed by atoms with Gasteiger partial charge in [0.15, 0.2) is 0 Å². The third-order valence-corrected chi connectivity index (χ3v) is 4.21. The number of hydrogen-bond acceptors (Lipinski definition) is 1. The van der Waals surface area contributed by atoms with Gasteiger partial charge >= 0.3 is 0 Å². The molecule has 1 aromatic carbocycles. The fraction of sp³-hybridized carbons (Fsp3) is 0.571. The zero-order valence-corrected chi connectivity index (χ0v) is 11.6. The second-order valence-corrected chi connectivity index (χ2v) is 5.78. The normalized spacial score (nSPS) is 25.4. The number of benzene rings is 1. The highest BCUT2D eigenvalue weighted by molar-refractivity contribution is 9.10. The van der Waals surface area contributed by atoms with Crippen LogP contribution in [0.4, 0.5) is 0 Å². The Morgan fingerprint density at radius 2 is 2.12 bits per heavy atom. The Labute approximate surface area is 106 Å². The van der Waals surface area contributed by atoms with Gasteiger partial charge in [-0.3, -0.25) is 0 Å². The Kier molecular flexibility index (Phi) is 3.91. The van der Waals surface area contributed by atoms with Crippen LogP contribution in [0.5, 0.6) is 5.75 Å². The molecule has 0 saturated heterocycles. The van der Waals surface area contributed by atoms with E-state index in [-0.39, 0.29) is 0 Å². The van der Waals surface area contributed by atoms with E-state index < -0.39 is 0 Å². The monoisotopic (exact) mass is 282 g/mol. The summed E-state index contributed by atoms with van der Waals surface area (Å²) < 4.78 is 7.19. The van der Waals surface area contributed by atoms with Crippen LogP contribution < -0.4 is 4.74 Å². The van der Waals surface area contributed by atoms with Crippen LogP contribution in [0, 0.1) is 12.8 Å². The van der Waals surface area contributed by atoms with Gasteiger partial charge < -0.3 is 4.74 Å². The molecule has 0 aromatic heterocycles. The van der Waals surface area contributed by atoms with Crippen molar-refractivity contribution in [3.8, 4) is 5.75 Å². The summed E-state index contributed by atoms with van der Waals surface area (Å²) in [5, 5.41) is 0. The minimum absolute atomic E-state index is 0.421. The lowest BCUT2D eigenvalue weighted by Gasteiger charge is -2.27. The molecule has 2 unspecified atom stereocenters. The Morgan fingerprint density at radius 1 is 1.31 bits per heavy atom. The molecule has 1 aliphatic rings. The standard InChI is InChI=1S/C14H19BrO/c1-10-4-3-5-12(8-10)16-13-6-7-14(15)11(2)9-13/h6-7,9-10,12H,3-5,8H2,1-2H3. The number of ether oxygens (including phenoxy) is 1. The van der Waals surface area contributed by atoms with Crippen LogP contribution in [-0.2, 0) is 0 Å². The number of aryl methyl sites for hydroxylation is 1.